The van der Waals surface area contributed by atoms with Crippen LogP contribution in [0.4, 0.5) is 0 Å². The van der Waals surface area contributed by atoms with Crippen molar-refractivity contribution in [2.24, 2.45) is 4.99 Å². The summed E-state index contributed by atoms with van der Waals surface area (Å²) in [5.74, 6) is -0.260. The number of nitrogens with zero attached hydrogens (tertiary/aromatic N) is 1. The molecule has 20 heavy (non-hydrogen) atoms. The molecular weight excluding hydrogens is 250 g/mol. The Bertz CT molecular complexity index is 564. The Morgan fingerprint density at radius 1 is 1.10 bits per heavy atom. The van der Waals surface area contributed by atoms with E-state index in [4.69, 9.17) is 4.74 Å². The lowest BCUT2D eigenvalue weighted by Crippen LogP contribution is -2.07. The highest BCUT2D eigenvalue weighted by Gasteiger charge is 2.14. The van der Waals surface area contributed by atoms with E-state index in [0.717, 1.165) is 11.1 Å². The molecule has 0 amide bonds. The van der Waals surface area contributed by atoms with Crippen LogP contribution in [0, 0.1) is 0 Å². The minimum Gasteiger partial charge on any atom is -0.469 e. The summed E-state index contributed by atoms with van der Waals surface area (Å²) < 4.78 is 4.74. The second-order valence-electron chi connectivity index (χ2n) is 4.40. The smallest absolute Gasteiger partial charge is 0.308 e. The lowest BCUT2D eigenvalue weighted by Gasteiger charge is -2.11. The van der Waals surface area contributed by atoms with Crippen molar-refractivity contribution in [1.82, 2.24) is 0 Å². The Labute approximate surface area is 118 Å². The van der Waals surface area contributed by atoms with E-state index < -0.39 is 0 Å². The number of carbonyl (C=O) groups is 1. The zero-order chi connectivity index (χ0) is 14.2. The third-order valence-electron chi connectivity index (χ3n) is 2.98. The van der Waals surface area contributed by atoms with Crippen LogP contribution in [0.25, 0.3) is 0 Å². The van der Waals surface area contributed by atoms with Gasteiger partial charge < -0.3 is 4.74 Å². The number of methoxy groups -OCH3 is 1. The number of hydrogen-bond acceptors (Lipinski definition) is 3. The highest BCUT2D eigenvalue weighted by Crippen LogP contribution is 2.21. The van der Waals surface area contributed by atoms with Gasteiger partial charge >= 0.3 is 5.97 Å². The maximum absolute atomic E-state index is 11.5. The molecule has 1 atom stereocenters. The van der Waals surface area contributed by atoms with Crippen LogP contribution >= 0.6 is 0 Å². The third kappa shape index (κ3) is 4.05. The van der Waals surface area contributed by atoms with Gasteiger partial charge in [-0.05, 0) is 11.1 Å². The van der Waals surface area contributed by atoms with Crippen molar-refractivity contribution in [3.8, 4) is 0 Å². The van der Waals surface area contributed by atoms with Crippen LogP contribution in [-0.2, 0) is 9.53 Å². The van der Waals surface area contributed by atoms with E-state index in [0.29, 0.717) is 0 Å². The van der Waals surface area contributed by atoms with Crippen molar-refractivity contribution in [3.63, 3.8) is 0 Å². The van der Waals surface area contributed by atoms with Gasteiger partial charge in [0.05, 0.1) is 19.6 Å². The molecule has 2 rings (SSSR count). The van der Waals surface area contributed by atoms with Gasteiger partial charge in [-0.25, -0.2) is 0 Å². The molecule has 0 aliphatic rings. The first kappa shape index (κ1) is 14.0. The summed E-state index contributed by atoms with van der Waals surface area (Å²) in [6, 6.07) is 19.4. The van der Waals surface area contributed by atoms with Gasteiger partial charge in [0, 0.05) is 6.21 Å². The van der Waals surface area contributed by atoms with Gasteiger partial charge in [-0.1, -0.05) is 60.7 Å². The molecule has 0 radical (unpaired) electrons. The van der Waals surface area contributed by atoms with Gasteiger partial charge in [-0.15, -0.1) is 0 Å². The fraction of sp³-hybridized carbons (Fsp3) is 0.176. The van der Waals surface area contributed by atoms with Crippen molar-refractivity contribution in [2.75, 3.05) is 7.11 Å². The molecule has 0 saturated heterocycles. The molecule has 0 aromatic heterocycles. The van der Waals surface area contributed by atoms with Crippen molar-refractivity contribution in [2.45, 2.75) is 12.5 Å². The lowest BCUT2D eigenvalue weighted by molar-refractivity contribution is -0.141. The number of hydrogen-bond donors (Lipinski definition) is 0. The normalized spacial score (nSPS) is 12.2. The fourth-order valence-corrected chi connectivity index (χ4v) is 1.89. The molecule has 0 aliphatic carbocycles. The number of ether oxygens (including phenoxy) is 1. The maximum Gasteiger partial charge on any atom is 0.308 e. The summed E-state index contributed by atoms with van der Waals surface area (Å²) in [5.41, 5.74) is 2.02. The highest BCUT2D eigenvalue weighted by atomic mass is 16.5. The largest absolute Gasteiger partial charge is 0.469 e. The van der Waals surface area contributed by atoms with Crippen LogP contribution in [0.2, 0.25) is 0 Å². The second kappa shape index (κ2) is 7.24. The molecule has 0 bridgehead atoms. The van der Waals surface area contributed by atoms with E-state index in [1.807, 2.05) is 60.7 Å². The van der Waals surface area contributed by atoms with E-state index in [1.54, 1.807) is 6.21 Å². The first-order valence-electron chi connectivity index (χ1n) is 6.49. The molecule has 0 N–H and O–H groups in total. The van der Waals surface area contributed by atoms with E-state index in [9.17, 15) is 4.79 Å². The molecule has 0 aliphatic heterocycles. The topological polar surface area (TPSA) is 38.7 Å². The standard InChI is InChI=1S/C17H17NO2/c1-20-17(19)12-16(15-10-6-3-7-11-15)18-13-14-8-4-2-5-9-14/h2-11,13,16H,12H2,1H3. The zero-order valence-electron chi connectivity index (χ0n) is 11.4. The van der Waals surface area contributed by atoms with Crippen molar-refractivity contribution in [1.29, 1.82) is 0 Å². The van der Waals surface area contributed by atoms with Crippen LogP contribution < -0.4 is 0 Å². The average molecular weight is 267 g/mol. The summed E-state index contributed by atoms with van der Waals surface area (Å²) in [6.07, 6.45) is 2.03. The highest BCUT2D eigenvalue weighted by molar-refractivity contribution is 5.80. The SMILES string of the molecule is COC(=O)CC(N=Cc1ccccc1)c1ccccc1. The Balaban J connectivity index is 2.19. The maximum atomic E-state index is 11.5. The van der Waals surface area contributed by atoms with Gasteiger partial charge in [-0.2, -0.15) is 0 Å². The van der Waals surface area contributed by atoms with E-state index >= 15 is 0 Å². The number of esters is 1. The third-order valence-corrected chi connectivity index (χ3v) is 2.98. The summed E-state index contributed by atoms with van der Waals surface area (Å²) in [4.78, 5) is 16.0. The summed E-state index contributed by atoms with van der Waals surface area (Å²) in [5, 5.41) is 0. The van der Waals surface area contributed by atoms with Gasteiger partial charge in [0.15, 0.2) is 0 Å². The predicted octanol–water partition coefficient (Wildman–Crippen LogP) is 3.41. The minimum absolute atomic E-state index is 0.219. The van der Waals surface area contributed by atoms with E-state index in [2.05, 4.69) is 4.99 Å². The molecular formula is C17H17NO2. The number of rotatable bonds is 5. The Kier molecular flexibility index (Phi) is 5.07. The van der Waals surface area contributed by atoms with Crippen molar-refractivity contribution < 1.29 is 9.53 Å². The number of benzene rings is 2. The van der Waals surface area contributed by atoms with Gasteiger partial charge in [0.25, 0.3) is 0 Å². The quantitative estimate of drug-likeness (QED) is 0.615. The molecule has 3 heteroatoms. The minimum atomic E-state index is -0.260. The van der Waals surface area contributed by atoms with E-state index in [1.165, 1.54) is 7.11 Å². The first-order valence-corrected chi connectivity index (χ1v) is 6.49. The van der Waals surface area contributed by atoms with Gasteiger partial charge in [0.1, 0.15) is 0 Å². The molecule has 0 spiro atoms. The van der Waals surface area contributed by atoms with Crippen LogP contribution in [0.5, 0.6) is 0 Å². The Hall–Kier alpha value is -2.42. The summed E-state index contributed by atoms with van der Waals surface area (Å²) in [7, 11) is 1.39. The molecule has 102 valence electrons. The van der Waals surface area contributed by atoms with Gasteiger partial charge in [-0.3, -0.25) is 9.79 Å². The van der Waals surface area contributed by atoms with Crippen molar-refractivity contribution in [3.05, 3.63) is 71.8 Å². The van der Waals surface area contributed by atoms with Crippen LogP contribution in [0.1, 0.15) is 23.6 Å². The predicted molar refractivity (Wildman–Crippen MR) is 79.9 cm³/mol. The second-order valence-corrected chi connectivity index (χ2v) is 4.40. The molecule has 0 heterocycles. The Morgan fingerprint density at radius 3 is 2.30 bits per heavy atom. The fourth-order valence-electron chi connectivity index (χ4n) is 1.89. The number of aliphatic imine (C=N–C) groups is 1. The molecule has 0 saturated carbocycles. The monoisotopic (exact) mass is 267 g/mol. The summed E-state index contributed by atoms with van der Waals surface area (Å²) in [6.45, 7) is 0. The number of carbonyl (C=O) groups excluding carboxylic acids is 1. The molecule has 3 nitrogen and oxygen atoms in total. The Morgan fingerprint density at radius 2 is 1.70 bits per heavy atom. The van der Waals surface area contributed by atoms with Crippen molar-refractivity contribution >= 4 is 12.2 Å². The molecule has 2 aromatic rings. The van der Waals surface area contributed by atoms with Crippen LogP contribution in [0.3, 0.4) is 0 Å². The van der Waals surface area contributed by atoms with Crippen LogP contribution in [0.15, 0.2) is 65.7 Å². The molecule has 1 unspecified atom stereocenters. The van der Waals surface area contributed by atoms with Gasteiger partial charge in [0.2, 0.25) is 0 Å². The lowest BCUT2D eigenvalue weighted by atomic mass is 10.0. The average Bonchev–Trinajstić information content (AvgIpc) is 2.53. The van der Waals surface area contributed by atoms with E-state index in [-0.39, 0.29) is 18.4 Å². The first-order chi connectivity index (χ1) is 9.79. The molecule has 2 aromatic carbocycles. The summed E-state index contributed by atoms with van der Waals surface area (Å²) >= 11 is 0. The zero-order valence-corrected chi connectivity index (χ0v) is 11.4. The van der Waals surface area contributed by atoms with Crippen LogP contribution in [-0.4, -0.2) is 19.3 Å². The molecule has 0 fully saturated rings.